The maximum atomic E-state index is 12.0. The highest BCUT2D eigenvalue weighted by Gasteiger charge is 2.13. The molecule has 0 saturated carbocycles. The van der Waals surface area contributed by atoms with E-state index in [-0.39, 0.29) is 24.3 Å². The van der Waals surface area contributed by atoms with Crippen molar-refractivity contribution in [3.63, 3.8) is 0 Å². The zero-order chi connectivity index (χ0) is 16.8. The molecule has 2 rings (SSSR count). The number of ether oxygens (including phenoxy) is 1. The van der Waals surface area contributed by atoms with Crippen molar-refractivity contribution in [2.45, 2.75) is 19.9 Å². The molecule has 0 radical (unpaired) electrons. The van der Waals surface area contributed by atoms with Gasteiger partial charge in [-0.05, 0) is 37.6 Å². The first-order valence-electron chi connectivity index (χ1n) is 7.25. The van der Waals surface area contributed by atoms with Crippen LogP contribution >= 0.6 is 11.6 Å². The molecular formula is C18H18ClNO3. The Labute approximate surface area is 140 Å². The van der Waals surface area contributed by atoms with Gasteiger partial charge in [0.1, 0.15) is 5.75 Å². The molecule has 23 heavy (non-hydrogen) atoms. The van der Waals surface area contributed by atoms with Crippen LogP contribution in [0.3, 0.4) is 0 Å². The zero-order valence-corrected chi connectivity index (χ0v) is 13.8. The van der Waals surface area contributed by atoms with Crippen LogP contribution in [0.5, 0.6) is 5.75 Å². The Hall–Kier alpha value is -2.33. The van der Waals surface area contributed by atoms with Crippen LogP contribution in [0.25, 0.3) is 0 Å². The molecule has 2 aromatic carbocycles. The Bertz CT molecular complexity index is 701. The minimum atomic E-state index is -0.259. The van der Waals surface area contributed by atoms with Crippen LogP contribution in [0, 0.1) is 0 Å². The van der Waals surface area contributed by atoms with E-state index in [4.69, 9.17) is 16.3 Å². The lowest BCUT2D eigenvalue weighted by Gasteiger charge is -2.15. The van der Waals surface area contributed by atoms with E-state index in [1.54, 1.807) is 12.1 Å². The second-order valence-electron chi connectivity index (χ2n) is 5.19. The number of carbonyl (C=O) groups is 2. The predicted octanol–water partition coefficient (Wildman–Crippen LogP) is 3.80. The van der Waals surface area contributed by atoms with Crippen molar-refractivity contribution in [1.82, 2.24) is 5.32 Å². The van der Waals surface area contributed by atoms with Gasteiger partial charge in [-0.25, -0.2) is 0 Å². The van der Waals surface area contributed by atoms with Gasteiger partial charge in [-0.1, -0.05) is 41.9 Å². The van der Waals surface area contributed by atoms with Crippen molar-refractivity contribution >= 4 is 23.3 Å². The van der Waals surface area contributed by atoms with Crippen molar-refractivity contribution in [2.75, 3.05) is 6.61 Å². The van der Waals surface area contributed by atoms with E-state index in [0.29, 0.717) is 16.3 Å². The highest BCUT2D eigenvalue weighted by molar-refractivity contribution is 6.31. The maximum Gasteiger partial charge on any atom is 0.258 e. The summed E-state index contributed by atoms with van der Waals surface area (Å²) in [6.07, 6.45) is 0. The van der Waals surface area contributed by atoms with Gasteiger partial charge in [0, 0.05) is 5.02 Å². The molecule has 0 fully saturated rings. The smallest absolute Gasteiger partial charge is 0.258 e. The lowest BCUT2D eigenvalue weighted by Crippen LogP contribution is -2.31. The topological polar surface area (TPSA) is 55.4 Å². The summed E-state index contributed by atoms with van der Waals surface area (Å²) in [6, 6.07) is 14.3. The number of hydrogen-bond donors (Lipinski definition) is 1. The third kappa shape index (κ3) is 4.83. The van der Waals surface area contributed by atoms with E-state index in [9.17, 15) is 9.59 Å². The van der Waals surface area contributed by atoms with Gasteiger partial charge < -0.3 is 10.1 Å². The molecule has 0 heterocycles. The average Bonchev–Trinajstić information content (AvgIpc) is 2.54. The fourth-order valence-corrected chi connectivity index (χ4v) is 2.33. The number of rotatable bonds is 6. The van der Waals surface area contributed by atoms with Crippen LogP contribution in [0.4, 0.5) is 0 Å². The second-order valence-corrected chi connectivity index (χ2v) is 5.62. The number of benzene rings is 2. The molecule has 0 aliphatic carbocycles. The molecule has 4 nitrogen and oxygen atoms in total. The van der Waals surface area contributed by atoms with Gasteiger partial charge in [0.15, 0.2) is 12.4 Å². The van der Waals surface area contributed by atoms with Gasteiger partial charge >= 0.3 is 0 Å². The van der Waals surface area contributed by atoms with Crippen LogP contribution in [0.15, 0.2) is 48.5 Å². The number of Topliss-reactive ketones (excluding diaryl/α,β-unsaturated/α-hetero) is 1. The minimum Gasteiger partial charge on any atom is -0.483 e. The van der Waals surface area contributed by atoms with E-state index in [2.05, 4.69) is 5.32 Å². The maximum absolute atomic E-state index is 12.0. The Morgan fingerprint density at radius 3 is 2.52 bits per heavy atom. The molecule has 0 spiro atoms. The summed E-state index contributed by atoms with van der Waals surface area (Å²) in [5.74, 6) is -0.0734. The Morgan fingerprint density at radius 1 is 1.17 bits per heavy atom. The first-order chi connectivity index (χ1) is 11.0. The molecule has 0 aliphatic rings. The van der Waals surface area contributed by atoms with Crippen molar-refractivity contribution in [1.29, 1.82) is 0 Å². The number of nitrogens with one attached hydrogen (secondary N) is 1. The van der Waals surface area contributed by atoms with Crippen LogP contribution in [0.2, 0.25) is 5.02 Å². The summed E-state index contributed by atoms with van der Waals surface area (Å²) < 4.78 is 5.46. The zero-order valence-electron chi connectivity index (χ0n) is 13.0. The van der Waals surface area contributed by atoms with Crippen LogP contribution in [-0.4, -0.2) is 18.3 Å². The Morgan fingerprint density at radius 2 is 1.87 bits per heavy atom. The molecule has 2 aromatic rings. The average molecular weight is 332 g/mol. The van der Waals surface area contributed by atoms with Gasteiger partial charge in [0.05, 0.1) is 11.6 Å². The van der Waals surface area contributed by atoms with Gasteiger partial charge in [-0.2, -0.15) is 0 Å². The summed E-state index contributed by atoms with van der Waals surface area (Å²) in [7, 11) is 0. The number of carbonyl (C=O) groups excluding carboxylic acids is 2. The molecule has 0 unspecified atom stereocenters. The van der Waals surface area contributed by atoms with E-state index in [0.717, 1.165) is 5.56 Å². The lowest BCUT2D eigenvalue weighted by molar-refractivity contribution is -0.123. The summed E-state index contributed by atoms with van der Waals surface area (Å²) in [4.78, 5) is 23.6. The quantitative estimate of drug-likeness (QED) is 0.819. The molecule has 120 valence electrons. The first kappa shape index (κ1) is 17.0. The molecule has 1 amide bonds. The fourth-order valence-electron chi connectivity index (χ4n) is 2.15. The number of halogens is 1. The van der Waals surface area contributed by atoms with Gasteiger partial charge in [-0.3, -0.25) is 9.59 Å². The van der Waals surface area contributed by atoms with E-state index < -0.39 is 0 Å². The molecule has 0 aromatic heterocycles. The normalized spacial score (nSPS) is 11.6. The second kappa shape index (κ2) is 7.79. The fraction of sp³-hybridized carbons (Fsp3) is 0.222. The monoisotopic (exact) mass is 331 g/mol. The van der Waals surface area contributed by atoms with Crippen LogP contribution in [-0.2, 0) is 4.79 Å². The van der Waals surface area contributed by atoms with Crippen molar-refractivity contribution in [2.24, 2.45) is 0 Å². The van der Waals surface area contributed by atoms with Crippen molar-refractivity contribution in [3.05, 3.63) is 64.7 Å². The predicted molar refractivity (Wildman–Crippen MR) is 90.0 cm³/mol. The highest BCUT2D eigenvalue weighted by atomic mass is 35.5. The van der Waals surface area contributed by atoms with Crippen molar-refractivity contribution in [3.8, 4) is 5.75 Å². The Balaban J connectivity index is 1.96. The molecule has 0 saturated heterocycles. The summed E-state index contributed by atoms with van der Waals surface area (Å²) in [6.45, 7) is 3.16. The SMILES string of the molecule is CC(=O)c1cc(Cl)ccc1OCC(=O)N[C@@H](C)c1ccccc1. The molecule has 5 heteroatoms. The first-order valence-corrected chi connectivity index (χ1v) is 7.62. The number of amides is 1. The van der Waals surface area contributed by atoms with E-state index in [1.807, 2.05) is 37.3 Å². The third-order valence-electron chi connectivity index (χ3n) is 3.36. The largest absolute Gasteiger partial charge is 0.483 e. The standard InChI is InChI=1S/C18H18ClNO3/c1-12(14-6-4-3-5-7-14)20-18(22)11-23-17-9-8-15(19)10-16(17)13(2)21/h3-10,12H,11H2,1-2H3,(H,20,22)/t12-/m0/s1. The number of ketones is 1. The summed E-state index contributed by atoms with van der Waals surface area (Å²) >= 11 is 5.87. The van der Waals surface area contributed by atoms with Gasteiger partial charge in [-0.15, -0.1) is 0 Å². The highest BCUT2D eigenvalue weighted by Crippen LogP contribution is 2.23. The molecule has 1 N–H and O–H groups in total. The molecular weight excluding hydrogens is 314 g/mol. The molecule has 0 aliphatic heterocycles. The van der Waals surface area contributed by atoms with Crippen LogP contribution in [0.1, 0.15) is 35.8 Å². The summed E-state index contributed by atoms with van der Waals surface area (Å²) in [5, 5.41) is 3.30. The summed E-state index contributed by atoms with van der Waals surface area (Å²) in [5.41, 5.74) is 1.37. The van der Waals surface area contributed by atoms with Gasteiger partial charge in [0.2, 0.25) is 0 Å². The third-order valence-corrected chi connectivity index (χ3v) is 3.59. The van der Waals surface area contributed by atoms with E-state index >= 15 is 0 Å². The van der Waals surface area contributed by atoms with Gasteiger partial charge in [0.25, 0.3) is 5.91 Å². The minimum absolute atomic E-state index is 0.121. The number of hydrogen-bond acceptors (Lipinski definition) is 3. The molecule has 1 atom stereocenters. The molecule has 0 bridgehead atoms. The van der Waals surface area contributed by atoms with Crippen molar-refractivity contribution < 1.29 is 14.3 Å². The van der Waals surface area contributed by atoms with E-state index in [1.165, 1.54) is 13.0 Å². The van der Waals surface area contributed by atoms with Crippen LogP contribution < -0.4 is 10.1 Å². The lowest BCUT2D eigenvalue weighted by atomic mass is 10.1. The Kier molecular flexibility index (Phi) is 5.77.